The molecular formula is C8H5ClF3N3O2. The number of rotatable bonds is 3. The van der Waals surface area contributed by atoms with Crippen LogP contribution in [0.3, 0.4) is 0 Å². The summed E-state index contributed by atoms with van der Waals surface area (Å²) in [6, 6.07) is 4.67. The van der Waals surface area contributed by atoms with Crippen LogP contribution in [-0.2, 0) is 0 Å². The molecule has 1 rings (SSSR count). The zero-order valence-corrected chi connectivity index (χ0v) is 8.79. The molecule has 1 aromatic rings. The standard InChI is InChI=1S/C8H5ClF3N3O2/c9-7(8(10,11)12)14-13-5-1-3-6(4-2-5)15(16)17/h1-4,13H/b14-7-. The van der Waals surface area contributed by atoms with Gasteiger partial charge in [0.15, 0.2) is 0 Å². The molecule has 0 spiro atoms. The molecule has 0 radical (unpaired) electrons. The quantitative estimate of drug-likeness (QED) is 0.520. The lowest BCUT2D eigenvalue weighted by molar-refractivity contribution is -0.384. The molecule has 0 saturated heterocycles. The van der Waals surface area contributed by atoms with Crippen molar-refractivity contribution in [2.45, 2.75) is 6.18 Å². The number of benzene rings is 1. The Hall–Kier alpha value is -1.83. The van der Waals surface area contributed by atoms with Crippen LogP contribution in [0.15, 0.2) is 29.4 Å². The molecule has 17 heavy (non-hydrogen) atoms. The van der Waals surface area contributed by atoms with E-state index in [0.717, 1.165) is 12.1 Å². The van der Waals surface area contributed by atoms with Crippen LogP contribution in [0.2, 0.25) is 0 Å². The number of nitro benzene ring substituents is 1. The van der Waals surface area contributed by atoms with Crippen molar-refractivity contribution in [3.8, 4) is 0 Å². The van der Waals surface area contributed by atoms with Crippen molar-refractivity contribution in [3.05, 3.63) is 34.4 Å². The van der Waals surface area contributed by atoms with Crippen LogP contribution in [-0.4, -0.2) is 16.3 Å². The Bertz CT molecular complexity index is 444. The molecule has 92 valence electrons. The molecule has 0 aromatic heterocycles. The molecule has 5 nitrogen and oxygen atoms in total. The minimum atomic E-state index is -4.73. The highest BCUT2D eigenvalue weighted by atomic mass is 35.5. The highest BCUT2D eigenvalue weighted by Gasteiger charge is 2.34. The molecule has 0 amide bonds. The van der Waals surface area contributed by atoms with Gasteiger partial charge in [-0.25, -0.2) is 0 Å². The lowest BCUT2D eigenvalue weighted by Crippen LogP contribution is -2.18. The molecule has 9 heteroatoms. The summed E-state index contributed by atoms with van der Waals surface area (Å²) in [5.74, 6) is 0. The maximum absolute atomic E-state index is 11.9. The van der Waals surface area contributed by atoms with Crippen LogP contribution in [0.4, 0.5) is 24.5 Å². The SMILES string of the molecule is O=[N+]([O-])c1ccc(N/N=C(\Cl)C(F)(F)F)cc1. The molecule has 0 bridgehead atoms. The van der Waals surface area contributed by atoms with Gasteiger partial charge in [0, 0.05) is 12.1 Å². The third kappa shape index (κ3) is 3.91. The van der Waals surface area contributed by atoms with Crippen LogP contribution in [0.1, 0.15) is 0 Å². The van der Waals surface area contributed by atoms with Crippen LogP contribution < -0.4 is 5.43 Å². The van der Waals surface area contributed by atoms with E-state index in [1.807, 2.05) is 5.43 Å². The fourth-order valence-electron chi connectivity index (χ4n) is 0.835. The minimum Gasteiger partial charge on any atom is -0.277 e. The molecule has 1 N–H and O–H groups in total. The topological polar surface area (TPSA) is 67.5 Å². The number of hydrazone groups is 1. The molecule has 1 aromatic carbocycles. The van der Waals surface area contributed by atoms with Gasteiger partial charge < -0.3 is 0 Å². The highest BCUT2D eigenvalue weighted by Crippen LogP contribution is 2.20. The molecule has 0 atom stereocenters. The minimum absolute atomic E-state index is 0.151. The molecule has 0 aliphatic carbocycles. The van der Waals surface area contributed by atoms with E-state index in [2.05, 4.69) is 5.10 Å². The average Bonchev–Trinajstić information content (AvgIpc) is 2.25. The van der Waals surface area contributed by atoms with Crippen molar-refractivity contribution >= 4 is 28.1 Å². The van der Waals surface area contributed by atoms with Gasteiger partial charge in [0.2, 0.25) is 5.17 Å². The van der Waals surface area contributed by atoms with Gasteiger partial charge in [-0.2, -0.15) is 18.3 Å². The van der Waals surface area contributed by atoms with Gasteiger partial charge in [-0.05, 0) is 12.1 Å². The number of hydrogen-bond donors (Lipinski definition) is 1. The van der Waals surface area contributed by atoms with Crippen LogP contribution >= 0.6 is 11.6 Å². The van der Waals surface area contributed by atoms with E-state index < -0.39 is 16.3 Å². The van der Waals surface area contributed by atoms with Gasteiger partial charge in [-0.3, -0.25) is 15.5 Å². The largest absolute Gasteiger partial charge is 0.446 e. The van der Waals surface area contributed by atoms with E-state index in [4.69, 9.17) is 11.6 Å². The van der Waals surface area contributed by atoms with Crippen LogP contribution in [0.5, 0.6) is 0 Å². The first-order chi connectivity index (χ1) is 7.80. The Morgan fingerprint density at radius 1 is 1.35 bits per heavy atom. The maximum atomic E-state index is 11.9. The number of halogens is 4. The van der Waals surface area contributed by atoms with Crippen molar-refractivity contribution in [2.75, 3.05) is 5.43 Å². The fourth-order valence-corrected chi connectivity index (χ4v) is 0.877. The highest BCUT2D eigenvalue weighted by molar-refractivity contribution is 6.66. The molecule has 0 saturated carbocycles. The number of anilines is 1. The smallest absolute Gasteiger partial charge is 0.277 e. The Balaban J connectivity index is 2.74. The van der Waals surface area contributed by atoms with Crippen molar-refractivity contribution in [1.29, 1.82) is 0 Å². The Morgan fingerprint density at radius 2 is 1.88 bits per heavy atom. The zero-order chi connectivity index (χ0) is 13.1. The number of nitrogens with zero attached hydrogens (tertiary/aromatic N) is 2. The van der Waals surface area contributed by atoms with Gasteiger partial charge in [-0.15, -0.1) is 0 Å². The van der Waals surface area contributed by atoms with E-state index in [9.17, 15) is 23.3 Å². The van der Waals surface area contributed by atoms with E-state index in [1.165, 1.54) is 12.1 Å². The van der Waals surface area contributed by atoms with Gasteiger partial charge in [-0.1, -0.05) is 11.6 Å². The first kappa shape index (κ1) is 13.2. The average molecular weight is 268 g/mol. The van der Waals surface area contributed by atoms with E-state index in [1.54, 1.807) is 0 Å². The predicted octanol–water partition coefficient (Wildman–Crippen LogP) is 3.12. The number of nitrogens with one attached hydrogen (secondary N) is 1. The zero-order valence-electron chi connectivity index (χ0n) is 8.03. The lowest BCUT2D eigenvalue weighted by atomic mass is 10.3. The van der Waals surface area contributed by atoms with E-state index >= 15 is 0 Å². The predicted molar refractivity (Wildman–Crippen MR) is 56.1 cm³/mol. The van der Waals surface area contributed by atoms with E-state index in [-0.39, 0.29) is 11.4 Å². The summed E-state index contributed by atoms with van der Waals surface area (Å²) in [7, 11) is 0. The molecule has 0 heterocycles. The number of hydrogen-bond acceptors (Lipinski definition) is 4. The van der Waals surface area contributed by atoms with Crippen LogP contribution in [0, 0.1) is 10.1 Å². The van der Waals surface area contributed by atoms with E-state index in [0.29, 0.717) is 0 Å². The first-order valence-electron chi connectivity index (χ1n) is 4.11. The Morgan fingerprint density at radius 3 is 2.29 bits per heavy atom. The monoisotopic (exact) mass is 267 g/mol. The summed E-state index contributed by atoms with van der Waals surface area (Å²) in [6.07, 6.45) is -4.73. The van der Waals surface area contributed by atoms with Gasteiger partial charge in [0.05, 0.1) is 10.6 Å². The van der Waals surface area contributed by atoms with Gasteiger partial charge >= 0.3 is 6.18 Å². The van der Waals surface area contributed by atoms with Crippen LogP contribution in [0.25, 0.3) is 0 Å². The second kappa shape index (κ2) is 5.00. The second-order valence-corrected chi connectivity index (χ2v) is 3.17. The fraction of sp³-hybridized carbons (Fsp3) is 0.125. The molecule has 0 aliphatic rings. The normalized spacial score (nSPS) is 12.4. The third-order valence-electron chi connectivity index (χ3n) is 1.60. The summed E-state index contributed by atoms with van der Waals surface area (Å²) in [4.78, 5) is 9.67. The number of alkyl halides is 3. The molecular weight excluding hydrogens is 263 g/mol. The first-order valence-corrected chi connectivity index (χ1v) is 4.49. The summed E-state index contributed by atoms with van der Waals surface area (Å²) in [6.45, 7) is 0. The van der Waals surface area contributed by atoms with Crippen molar-refractivity contribution in [3.63, 3.8) is 0 Å². The molecule has 0 aliphatic heterocycles. The molecule has 0 fully saturated rings. The van der Waals surface area contributed by atoms with Crippen molar-refractivity contribution in [1.82, 2.24) is 0 Å². The van der Waals surface area contributed by atoms with Gasteiger partial charge in [0.25, 0.3) is 5.69 Å². The Labute approximate surface area is 98.0 Å². The maximum Gasteiger partial charge on any atom is 0.446 e. The second-order valence-electron chi connectivity index (χ2n) is 2.82. The third-order valence-corrected chi connectivity index (χ3v) is 1.89. The van der Waals surface area contributed by atoms with Crippen molar-refractivity contribution in [2.24, 2.45) is 5.10 Å². The van der Waals surface area contributed by atoms with Gasteiger partial charge in [0.1, 0.15) is 0 Å². The van der Waals surface area contributed by atoms with Crippen molar-refractivity contribution < 1.29 is 18.1 Å². The summed E-state index contributed by atoms with van der Waals surface area (Å²) in [5, 5.41) is 11.6. The number of nitro groups is 1. The summed E-state index contributed by atoms with van der Waals surface area (Å²) in [5.41, 5.74) is 2.00. The summed E-state index contributed by atoms with van der Waals surface area (Å²) < 4.78 is 35.8. The number of non-ortho nitro benzene ring substituents is 1. The lowest BCUT2D eigenvalue weighted by Gasteiger charge is -2.04. The Kier molecular flexibility index (Phi) is 3.89. The molecule has 0 unspecified atom stereocenters. The summed E-state index contributed by atoms with van der Waals surface area (Å²) >= 11 is 4.84.